The minimum absolute atomic E-state index is 0.176. The van der Waals surface area contributed by atoms with Crippen LogP contribution in [0.5, 0.6) is 0 Å². The van der Waals surface area contributed by atoms with Crippen LogP contribution < -0.4 is 5.73 Å². The fourth-order valence-electron chi connectivity index (χ4n) is 7.10. The molecule has 0 radical (unpaired) electrons. The Morgan fingerprint density at radius 2 is 1.60 bits per heavy atom. The number of carbonyl (C=O) groups is 1. The summed E-state index contributed by atoms with van der Waals surface area (Å²) in [5.74, 6) is 0.568. The number of primary amides is 1. The number of aromatic amines is 1. The molecule has 3 N–H and O–H groups in total. The van der Waals surface area contributed by atoms with E-state index in [0.29, 0.717) is 0 Å². The molecule has 0 atom stereocenters. The third-order valence-electron chi connectivity index (χ3n) is 8.60. The van der Waals surface area contributed by atoms with Crippen molar-refractivity contribution in [1.29, 1.82) is 0 Å². The highest BCUT2D eigenvalue weighted by molar-refractivity contribution is 5.91. The Hall–Kier alpha value is -3.15. The van der Waals surface area contributed by atoms with Gasteiger partial charge in [0.15, 0.2) is 5.82 Å². The first-order valence-corrected chi connectivity index (χ1v) is 13.2. The molecule has 2 fully saturated rings. The second-order valence-electron chi connectivity index (χ2n) is 10.5. The Balaban J connectivity index is 1.66. The van der Waals surface area contributed by atoms with Gasteiger partial charge in [0, 0.05) is 10.9 Å². The van der Waals surface area contributed by atoms with Gasteiger partial charge >= 0.3 is 0 Å². The first-order chi connectivity index (χ1) is 17.1. The fourth-order valence-corrected chi connectivity index (χ4v) is 7.10. The number of rotatable bonds is 5. The lowest BCUT2D eigenvalue weighted by molar-refractivity contribution is -0.135. The monoisotopic (exact) mass is 472 g/mol. The summed E-state index contributed by atoms with van der Waals surface area (Å²) in [6, 6.07) is 14.8. The number of hydrogen-bond donors (Lipinski definition) is 2. The molecule has 35 heavy (non-hydrogen) atoms. The lowest BCUT2D eigenvalue weighted by Crippen LogP contribution is -2.58. The Morgan fingerprint density at radius 1 is 0.943 bits per heavy atom. The van der Waals surface area contributed by atoms with Crippen LogP contribution in [0.25, 0.3) is 33.5 Å². The summed E-state index contributed by atoms with van der Waals surface area (Å²) in [5, 5.41) is 0.790. The molecule has 6 rings (SSSR count). The quantitative estimate of drug-likeness (QED) is 0.340. The van der Waals surface area contributed by atoms with Crippen molar-refractivity contribution in [2.75, 3.05) is 0 Å². The predicted octanol–water partition coefficient (Wildman–Crippen LogP) is 6.66. The lowest BCUT2D eigenvalue weighted by atomic mass is 9.63. The Morgan fingerprint density at radius 3 is 2.26 bits per heavy atom. The molecule has 0 saturated heterocycles. The fraction of sp³-hybridized carbons (Fsp3) is 0.448. The number of halogens is 1. The Kier molecular flexibility index (Phi) is 5.62. The number of nitrogens with two attached hydrogens (primary N) is 1. The highest BCUT2D eigenvalue weighted by atomic mass is 19.1. The van der Waals surface area contributed by atoms with Crippen LogP contribution in [-0.4, -0.2) is 20.4 Å². The Bertz CT molecular complexity index is 1360. The molecule has 2 aromatic heterocycles. The zero-order valence-electron chi connectivity index (χ0n) is 20.1. The SMILES string of the molecule is NC(=O)C(C1CCCCC1)(C1CCCCC1)n1c(-c2cc3cc(F)ccc3[nH]2)nc2ccccc21. The maximum atomic E-state index is 14.0. The highest BCUT2D eigenvalue weighted by Gasteiger charge is 2.53. The molecule has 2 aromatic carbocycles. The number of nitrogens with zero attached hydrogens (tertiary/aromatic N) is 2. The van der Waals surface area contributed by atoms with Gasteiger partial charge in [-0.05, 0) is 73.9 Å². The van der Waals surface area contributed by atoms with E-state index < -0.39 is 5.54 Å². The number of H-pyrrole nitrogens is 1. The number of amides is 1. The van der Waals surface area contributed by atoms with E-state index in [-0.39, 0.29) is 23.6 Å². The standard InChI is InChI=1S/C29H33FN4O/c30-22-15-16-23-19(17-22)18-25(32-23)27-33-24-13-7-8-14-26(24)34(27)29(28(31)35,20-9-3-1-4-10-20)21-11-5-2-6-12-21/h7-8,13-18,20-21,32H,1-6,9-12H2,(H2,31,35). The van der Waals surface area contributed by atoms with E-state index in [1.54, 1.807) is 6.07 Å². The van der Waals surface area contributed by atoms with Crippen LogP contribution in [0.1, 0.15) is 64.2 Å². The average molecular weight is 473 g/mol. The number of fused-ring (bicyclic) bond motifs is 2. The molecule has 2 heterocycles. The van der Waals surface area contributed by atoms with Crippen molar-refractivity contribution < 1.29 is 9.18 Å². The summed E-state index contributed by atoms with van der Waals surface area (Å²) < 4.78 is 16.2. The van der Waals surface area contributed by atoms with E-state index in [4.69, 9.17) is 10.7 Å². The van der Waals surface area contributed by atoms with Crippen LogP contribution in [0.15, 0.2) is 48.5 Å². The number of aromatic nitrogens is 3. The molecule has 0 aliphatic heterocycles. The third-order valence-corrected chi connectivity index (χ3v) is 8.60. The first-order valence-electron chi connectivity index (χ1n) is 13.2. The maximum absolute atomic E-state index is 14.0. The van der Waals surface area contributed by atoms with Gasteiger partial charge in [-0.15, -0.1) is 0 Å². The van der Waals surface area contributed by atoms with E-state index >= 15 is 0 Å². The zero-order valence-corrected chi connectivity index (χ0v) is 20.1. The van der Waals surface area contributed by atoms with E-state index in [9.17, 15) is 9.18 Å². The second-order valence-corrected chi connectivity index (χ2v) is 10.5. The van der Waals surface area contributed by atoms with E-state index in [1.165, 1.54) is 25.0 Å². The molecular formula is C29H33FN4O. The molecule has 2 aliphatic rings. The van der Waals surface area contributed by atoms with Gasteiger partial charge in [0.1, 0.15) is 11.4 Å². The van der Waals surface area contributed by atoms with Gasteiger partial charge in [-0.3, -0.25) is 4.79 Å². The molecule has 182 valence electrons. The molecule has 0 spiro atoms. The van der Waals surface area contributed by atoms with E-state index in [1.807, 2.05) is 24.3 Å². The van der Waals surface area contributed by atoms with Gasteiger partial charge in [0.2, 0.25) is 5.91 Å². The molecule has 0 bridgehead atoms. The lowest BCUT2D eigenvalue weighted by Gasteiger charge is -2.48. The molecule has 6 heteroatoms. The third kappa shape index (κ3) is 3.57. The maximum Gasteiger partial charge on any atom is 0.244 e. The van der Waals surface area contributed by atoms with Crippen molar-refractivity contribution in [2.24, 2.45) is 17.6 Å². The summed E-state index contributed by atoms with van der Waals surface area (Å²) in [6.07, 6.45) is 10.9. The van der Waals surface area contributed by atoms with Crippen LogP contribution in [0.3, 0.4) is 0 Å². The van der Waals surface area contributed by atoms with Crippen molar-refractivity contribution in [3.63, 3.8) is 0 Å². The van der Waals surface area contributed by atoms with Crippen molar-refractivity contribution >= 4 is 27.8 Å². The summed E-state index contributed by atoms with van der Waals surface area (Å²) in [6.45, 7) is 0. The number of para-hydroxylation sites is 2. The molecule has 4 aromatic rings. The molecule has 1 amide bonds. The van der Waals surface area contributed by atoms with Crippen molar-refractivity contribution in [3.05, 3.63) is 54.3 Å². The smallest absolute Gasteiger partial charge is 0.244 e. The highest BCUT2D eigenvalue weighted by Crippen LogP contribution is 2.50. The van der Waals surface area contributed by atoms with Crippen molar-refractivity contribution in [3.8, 4) is 11.5 Å². The summed E-state index contributed by atoms with van der Waals surface area (Å²) in [5.41, 5.74) is 9.11. The predicted molar refractivity (Wildman–Crippen MR) is 137 cm³/mol. The van der Waals surface area contributed by atoms with E-state index in [2.05, 4.69) is 15.6 Å². The molecular weight excluding hydrogens is 439 g/mol. The summed E-state index contributed by atoms with van der Waals surface area (Å²) in [4.78, 5) is 22.4. The van der Waals surface area contributed by atoms with Crippen LogP contribution in [-0.2, 0) is 10.3 Å². The summed E-state index contributed by atoms with van der Waals surface area (Å²) >= 11 is 0. The van der Waals surface area contributed by atoms with Crippen LogP contribution in [0, 0.1) is 17.7 Å². The number of imidazole rings is 1. The summed E-state index contributed by atoms with van der Waals surface area (Å²) in [7, 11) is 0. The second kappa shape index (κ2) is 8.81. The van der Waals surface area contributed by atoms with Gasteiger partial charge in [-0.25, -0.2) is 9.37 Å². The first kappa shape index (κ1) is 22.3. The number of hydrogen-bond acceptors (Lipinski definition) is 2. The number of nitrogens with one attached hydrogen (secondary N) is 1. The van der Waals surface area contributed by atoms with Gasteiger partial charge in [-0.1, -0.05) is 50.7 Å². The topological polar surface area (TPSA) is 76.7 Å². The normalized spacial score (nSPS) is 18.4. The van der Waals surface area contributed by atoms with Gasteiger partial charge in [0.05, 0.1) is 16.7 Å². The molecule has 5 nitrogen and oxygen atoms in total. The Labute approximate surface area is 204 Å². The number of benzene rings is 2. The van der Waals surface area contributed by atoms with Crippen LogP contribution >= 0.6 is 0 Å². The largest absolute Gasteiger partial charge is 0.368 e. The van der Waals surface area contributed by atoms with Crippen LogP contribution in [0.2, 0.25) is 0 Å². The van der Waals surface area contributed by atoms with Gasteiger partial charge < -0.3 is 15.3 Å². The van der Waals surface area contributed by atoms with Gasteiger partial charge in [0.25, 0.3) is 0 Å². The molecule has 2 saturated carbocycles. The van der Waals surface area contributed by atoms with Crippen LogP contribution in [0.4, 0.5) is 4.39 Å². The molecule has 0 unspecified atom stereocenters. The van der Waals surface area contributed by atoms with Crippen molar-refractivity contribution in [2.45, 2.75) is 69.7 Å². The minimum atomic E-state index is -0.838. The molecule has 2 aliphatic carbocycles. The zero-order chi connectivity index (χ0) is 24.0. The van der Waals surface area contributed by atoms with E-state index in [0.717, 1.165) is 84.8 Å². The van der Waals surface area contributed by atoms with Gasteiger partial charge in [-0.2, -0.15) is 0 Å². The minimum Gasteiger partial charge on any atom is -0.368 e. The average Bonchev–Trinajstić information content (AvgIpc) is 3.47. The number of carbonyl (C=O) groups excluding carboxylic acids is 1. The van der Waals surface area contributed by atoms with Crippen molar-refractivity contribution in [1.82, 2.24) is 14.5 Å².